The Morgan fingerprint density at radius 3 is 2.43 bits per heavy atom. The van der Waals surface area contributed by atoms with Crippen LogP contribution in [-0.2, 0) is 4.79 Å². The van der Waals surface area contributed by atoms with Gasteiger partial charge in [0.25, 0.3) is 0 Å². The number of carbonyl (C=O) groups excluding carboxylic acids is 1. The summed E-state index contributed by atoms with van der Waals surface area (Å²) < 4.78 is 13.0. The van der Waals surface area contributed by atoms with Gasteiger partial charge in [0.2, 0.25) is 5.91 Å². The minimum atomic E-state index is -0.362. The third kappa shape index (κ3) is 5.37. The van der Waals surface area contributed by atoms with Crippen LogP contribution in [0.5, 0.6) is 0 Å². The van der Waals surface area contributed by atoms with Gasteiger partial charge in [0.05, 0.1) is 11.5 Å². The Hall–Kier alpha value is -1.57. The number of carbonyl (C=O) groups is 1. The van der Waals surface area contributed by atoms with Crippen LogP contribution in [0, 0.1) is 5.82 Å². The van der Waals surface area contributed by atoms with E-state index in [9.17, 15) is 9.18 Å². The SMILES string of the molecule is NC(=S)CN1CCN(CC(=O)Nc2cccc(F)c2)CC1. The topological polar surface area (TPSA) is 61.6 Å². The molecule has 0 bridgehead atoms. The van der Waals surface area contributed by atoms with Gasteiger partial charge in [-0.3, -0.25) is 14.6 Å². The molecule has 7 heteroatoms. The summed E-state index contributed by atoms with van der Waals surface area (Å²) >= 11 is 4.89. The molecule has 0 saturated carbocycles. The highest BCUT2D eigenvalue weighted by molar-refractivity contribution is 7.80. The van der Waals surface area contributed by atoms with E-state index in [1.54, 1.807) is 12.1 Å². The number of benzene rings is 1. The van der Waals surface area contributed by atoms with E-state index in [4.69, 9.17) is 18.0 Å². The number of hydrogen-bond acceptors (Lipinski definition) is 4. The van der Waals surface area contributed by atoms with Crippen LogP contribution in [0.15, 0.2) is 24.3 Å². The van der Waals surface area contributed by atoms with Gasteiger partial charge in [-0.15, -0.1) is 0 Å². The zero-order valence-electron chi connectivity index (χ0n) is 11.7. The molecule has 1 aliphatic rings. The van der Waals surface area contributed by atoms with Crippen molar-refractivity contribution in [3.8, 4) is 0 Å². The van der Waals surface area contributed by atoms with Gasteiger partial charge in [0.15, 0.2) is 0 Å². The first-order valence-electron chi connectivity index (χ1n) is 6.81. The van der Waals surface area contributed by atoms with Crippen molar-refractivity contribution in [2.75, 3.05) is 44.6 Å². The minimum absolute atomic E-state index is 0.136. The van der Waals surface area contributed by atoms with E-state index in [1.165, 1.54) is 12.1 Å². The third-order valence-electron chi connectivity index (χ3n) is 3.32. The Morgan fingerprint density at radius 2 is 1.86 bits per heavy atom. The average Bonchev–Trinajstić information content (AvgIpc) is 2.40. The second-order valence-corrected chi connectivity index (χ2v) is 5.60. The molecule has 0 atom stereocenters. The zero-order valence-corrected chi connectivity index (χ0v) is 12.5. The lowest BCUT2D eigenvalue weighted by molar-refractivity contribution is -0.117. The van der Waals surface area contributed by atoms with E-state index < -0.39 is 0 Å². The maximum atomic E-state index is 13.0. The first-order valence-corrected chi connectivity index (χ1v) is 7.22. The zero-order chi connectivity index (χ0) is 15.2. The summed E-state index contributed by atoms with van der Waals surface area (Å²) in [6.07, 6.45) is 0. The first kappa shape index (κ1) is 15.8. The van der Waals surface area contributed by atoms with Gasteiger partial charge in [-0.25, -0.2) is 4.39 Å². The lowest BCUT2D eigenvalue weighted by Gasteiger charge is -2.33. The lowest BCUT2D eigenvalue weighted by atomic mass is 10.3. The molecule has 1 fully saturated rings. The molecule has 5 nitrogen and oxygen atoms in total. The van der Waals surface area contributed by atoms with Gasteiger partial charge in [-0.2, -0.15) is 0 Å². The van der Waals surface area contributed by atoms with Gasteiger partial charge < -0.3 is 11.1 Å². The number of piperazine rings is 1. The Bertz CT molecular complexity index is 517. The number of nitrogens with two attached hydrogens (primary N) is 1. The Balaban J connectivity index is 1.75. The molecule has 21 heavy (non-hydrogen) atoms. The standard InChI is InChI=1S/C14H19FN4OS/c15-11-2-1-3-12(8-11)17-14(20)10-19-6-4-18(5-7-19)9-13(16)21/h1-3,8H,4-7,9-10H2,(H2,16,21)(H,17,20). The van der Waals surface area contributed by atoms with Crippen LogP contribution in [0.25, 0.3) is 0 Å². The van der Waals surface area contributed by atoms with E-state index >= 15 is 0 Å². The normalized spacial score (nSPS) is 16.6. The third-order valence-corrected chi connectivity index (χ3v) is 3.45. The fourth-order valence-corrected chi connectivity index (χ4v) is 2.48. The summed E-state index contributed by atoms with van der Waals surface area (Å²) in [5.41, 5.74) is 6.00. The minimum Gasteiger partial charge on any atom is -0.392 e. The van der Waals surface area contributed by atoms with E-state index in [2.05, 4.69) is 15.1 Å². The van der Waals surface area contributed by atoms with Crippen molar-refractivity contribution >= 4 is 28.8 Å². The second-order valence-electron chi connectivity index (χ2n) is 5.08. The van der Waals surface area contributed by atoms with Crippen molar-refractivity contribution in [2.45, 2.75) is 0 Å². The van der Waals surface area contributed by atoms with Crippen molar-refractivity contribution < 1.29 is 9.18 Å². The van der Waals surface area contributed by atoms with E-state index in [0.29, 0.717) is 23.8 Å². The largest absolute Gasteiger partial charge is 0.392 e. The maximum absolute atomic E-state index is 13.0. The number of hydrogen-bond donors (Lipinski definition) is 2. The fraction of sp³-hybridized carbons (Fsp3) is 0.429. The summed E-state index contributed by atoms with van der Waals surface area (Å²) in [6, 6.07) is 5.88. The predicted octanol–water partition coefficient (Wildman–Crippen LogP) is 0.668. The molecule has 3 N–H and O–H groups in total. The Kier molecular flexibility index (Phi) is 5.60. The van der Waals surface area contributed by atoms with Crippen molar-refractivity contribution in [3.63, 3.8) is 0 Å². The van der Waals surface area contributed by atoms with Crippen LogP contribution in [0.4, 0.5) is 10.1 Å². The van der Waals surface area contributed by atoms with E-state index in [-0.39, 0.29) is 11.7 Å². The van der Waals surface area contributed by atoms with Crippen LogP contribution >= 0.6 is 12.2 Å². The second kappa shape index (κ2) is 7.44. The molecular weight excluding hydrogens is 291 g/mol. The lowest BCUT2D eigenvalue weighted by Crippen LogP contribution is -2.50. The van der Waals surface area contributed by atoms with Crippen LogP contribution in [-0.4, -0.2) is 60.0 Å². The van der Waals surface area contributed by atoms with E-state index in [0.717, 1.165) is 26.2 Å². The van der Waals surface area contributed by atoms with Crippen LogP contribution in [0.3, 0.4) is 0 Å². The number of nitrogens with one attached hydrogen (secondary N) is 1. The summed E-state index contributed by atoms with van der Waals surface area (Å²) in [5, 5.41) is 2.70. The molecule has 1 aromatic rings. The van der Waals surface area contributed by atoms with Crippen LogP contribution in [0.2, 0.25) is 0 Å². The van der Waals surface area contributed by atoms with Crippen molar-refractivity contribution in [3.05, 3.63) is 30.1 Å². The monoisotopic (exact) mass is 310 g/mol. The maximum Gasteiger partial charge on any atom is 0.238 e. The molecule has 0 aromatic heterocycles. The molecule has 0 spiro atoms. The quantitative estimate of drug-likeness (QED) is 0.783. The van der Waals surface area contributed by atoms with Crippen LogP contribution < -0.4 is 11.1 Å². The Morgan fingerprint density at radius 1 is 1.24 bits per heavy atom. The average molecular weight is 310 g/mol. The summed E-state index contributed by atoms with van der Waals surface area (Å²) in [6.45, 7) is 4.18. The summed E-state index contributed by atoms with van der Waals surface area (Å²) in [7, 11) is 0. The van der Waals surface area contributed by atoms with Gasteiger partial charge in [0.1, 0.15) is 5.82 Å². The molecule has 1 amide bonds. The predicted molar refractivity (Wildman–Crippen MR) is 84.7 cm³/mol. The number of thiocarbonyl (C=S) groups is 1. The van der Waals surface area contributed by atoms with Crippen molar-refractivity contribution in [1.82, 2.24) is 9.80 Å². The highest BCUT2D eigenvalue weighted by atomic mass is 32.1. The number of amides is 1. The molecule has 114 valence electrons. The molecule has 0 aliphatic carbocycles. The molecular formula is C14H19FN4OS. The number of nitrogens with zero attached hydrogens (tertiary/aromatic N) is 2. The highest BCUT2D eigenvalue weighted by Crippen LogP contribution is 2.09. The smallest absolute Gasteiger partial charge is 0.238 e. The molecule has 0 radical (unpaired) electrons. The summed E-state index contributed by atoms with van der Waals surface area (Å²) in [5.74, 6) is -0.498. The number of halogens is 1. The van der Waals surface area contributed by atoms with E-state index in [1.807, 2.05) is 0 Å². The number of rotatable bonds is 5. The Labute approximate surface area is 128 Å². The molecule has 0 unspecified atom stereocenters. The molecule has 1 saturated heterocycles. The van der Waals surface area contributed by atoms with Crippen molar-refractivity contribution in [2.24, 2.45) is 5.73 Å². The molecule has 2 rings (SSSR count). The summed E-state index contributed by atoms with van der Waals surface area (Å²) in [4.78, 5) is 16.6. The molecule has 1 aliphatic heterocycles. The first-order chi connectivity index (χ1) is 10.0. The van der Waals surface area contributed by atoms with Crippen molar-refractivity contribution in [1.29, 1.82) is 0 Å². The van der Waals surface area contributed by atoms with Gasteiger partial charge >= 0.3 is 0 Å². The molecule has 1 heterocycles. The highest BCUT2D eigenvalue weighted by Gasteiger charge is 2.19. The number of anilines is 1. The molecule has 1 aromatic carbocycles. The fourth-order valence-electron chi connectivity index (χ4n) is 2.30. The van der Waals surface area contributed by atoms with Gasteiger partial charge in [-0.1, -0.05) is 18.3 Å². The van der Waals surface area contributed by atoms with Gasteiger partial charge in [-0.05, 0) is 18.2 Å². The van der Waals surface area contributed by atoms with Crippen LogP contribution in [0.1, 0.15) is 0 Å². The van der Waals surface area contributed by atoms with Gasteiger partial charge in [0, 0.05) is 38.4 Å².